The van der Waals surface area contributed by atoms with Gasteiger partial charge in [-0.2, -0.15) is 5.10 Å². The molecule has 7 nitrogen and oxygen atoms in total. The van der Waals surface area contributed by atoms with Crippen molar-refractivity contribution in [2.45, 2.75) is 53.6 Å². The van der Waals surface area contributed by atoms with Gasteiger partial charge in [0.2, 0.25) is 0 Å². The minimum absolute atomic E-state index is 0.0924. The zero-order valence-corrected chi connectivity index (χ0v) is 19.3. The molecular formula is C22H28N4O3S. The average molecular weight is 429 g/mol. The molecule has 3 aromatic rings. The first-order valence-electron chi connectivity index (χ1n) is 9.97. The highest BCUT2D eigenvalue weighted by Gasteiger charge is 2.26. The van der Waals surface area contributed by atoms with Crippen molar-refractivity contribution < 1.29 is 14.3 Å². The third kappa shape index (κ3) is 4.09. The highest BCUT2D eigenvalue weighted by Crippen LogP contribution is 2.33. The first kappa shape index (κ1) is 22.0. The van der Waals surface area contributed by atoms with Crippen LogP contribution in [0, 0.1) is 13.8 Å². The largest absolute Gasteiger partial charge is 0.468 e. The fraction of sp³-hybridized carbons (Fsp3) is 0.455. The maximum Gasteiger partial charge on any atom is 0.325 e. The lowest BCUT2D eigenvalue weighted by molar-refractivity contribution is -0.141. The van der Waals surface area contributed by atoms with Gasteiger partial charge in [0.25, 0.3) is 5.91 Å². The molecule has 0 fully saturated rings. The molecule has 0 aliphatic heterocycles. The van der Waals surface area contributed by atoms with Crippen LogP contribution in [0.5, 0.6) is 0 Å². The van der Waals surface area contributed by atoms with Gasteiger partial charge in [-0.15, -0.1) is 11.3 Å². The zero-order valence-electron chi connectivity index (χ0n) is 18.5. The number of nitrogens with zero attached hydrogens (tertiary/aromatic N) is 4. The number of thiophene rings is 1. The van der Waals surface area contributed by atoms with Crippen LogP contribution in [0.25, 0.3) is 22.3 Å². The normalized spacial score (nSPS) is 11.5. The number of ether oxygens (including phenoxy) is 1. The molecule has 0 unspecified atom stereocenters. The maximum absolute atomic E-state index is 13.6. The van der Waals surface area contributed by atoms with Crippen molar-refractivity contribution >= 4 is 34.2 Å². The third-order valence-electron chi connectivity index (χ3n) is 5.01. The second kappa shape index (κ2) is 8.55. The van der Waals surface area contributed by atoms with E-state index in [4.69, 9.17) is 9.72 Å². The van der Waals surface area contributed by atoms with E-state index in [0.29, 0.717) is 16.6 Å². The highest BCUT2D eigenvalue weighted by molar-refractivity contribution is 7.12. The number of carbonyl (C=O) groups excluding carboxylic acids is 2. The lowest BCUT2D eigenvalue weighted by Crippen LogP contribution is -2.41. The summed E-state index contributed by atoms with van der Waals surface area (Å²) in [6.07, 6.45) is 1.68. The monoisotopic (exact) mass is 428 g/mol. The molecule has 0 saturated heterocycles. The number of hydrogen-bond donors (Lipinski definition) is 0. The van der Waals surface area contributed by atoms with Gasteiger partial charge in [-0.25, -0.2) is 9.67 Å². The molecule has 1 amide bonds. The predicted molar refractivity (Wildman–Crippen MR) is 119 cm³/mol. The highest BCUT2D eigenvalue weighted by atomic mass is 32.1. The second-order valence-corrected chi connectivity index (χ2v) is 9.37. The molecule has 0 saturated carbocycles. The van der Waals surface area contributed by atoms with E-state index in [2.05, 4.69) is 25.0 Å². The Hall–Kier alpha value is -2.74. The molecule has 0 N–H and O–H groups in total. The Morgan fingerprint density at radius 2 is 1.90 bits per heavy atom. The van der Waals surface area contributed by atoms with Gasteiger partial charge in [-0.05, 0) is 53.7 Å². The van der Waals surface area contributed by atoms with Gasteiger partial charge >= 0.3 is 5.97 Å². The number of rotatable bonds is 6. The van der Waals surface area contributed by atoms with Crippen molar-refractivity contribution in [3.05, 3.63) is 33.6 Å². The molecule has 0 aliphatic rings. The van der Waals surface area contributed by atoms with Crippen molar-refractivity contribution in [3.8, 4) is 11.3 Å². The molecule has 0 spiro atoms. The number of fused-ring (bicyclic) bond motifs is 1. The van der Waals surface area contributed by atoms with Crippen molar-refractivity contribution in [2.75, 3.05) is 13.7 Å². The standard InChI is InChI=1S/C22H28N4O3S/c1-12(2)25(11-20(27)29-7)22(28)17-9-19(16-8-14(5)30-15(16)6)24-21-18(17)10-23-26(21)13(3)4/h8-10,12-13H,11H2,1-7H3. The van der Waals surface area contributed by atoms with Crippen molar-refractivity contribution in [1.82, 2.24) is 19.7 Å². The molecule has 0 bridgehead atoms. The van der Waals surface area contributed by atoms with Crippen LogP contribution in [0.4, 0.5) is 0 Å². The molecule has 3 aromatic heterocycles. The van der Waals surface area contributed by atoms with Gasteiger partial charge in [0.15, 0.2) is 5.65 Å². The molecule has 0 atom stereocenters. The van der Waals surface area contributed by atoms with Crippen LogP contribution >= 0.6 is 11.3 Å². The van der Waals surface area contributed by atoms with Crippen LogP contribution in [0.3, 0.4) is 0 Å². The van der Waals surface area contributed by atoms with Crippen molar-refractivity contribution in [2.24, 2.45) is 0 Å². The van der Waals surface area contributed by atoms with Crippen molar-refractivity contribution in [1.29, 1.82) is 0 Å². The van der Waals surface area contributed by atoms with Crippen LogP contribution in [-0.2, 0) is 9.53 Å². The van der Waals surface area contributed by atoms with E-state index < -0.39 is 5.97 Å². The summed E-state index contributed by atoms with van der Waals surface area (Å²) in [5.74, 6) is -0.693. The van der Waals surface area contributed by atoms with E-state index in [-0.39, 0.29) is 24.5 Å². The summed E-state index contributed by atoms with van der Waals surface area (Å²) in [5.41, 5.74) is 2.89. The van der Waals surface area contributed by atoms with Crippen LogP contribution in [0.1, 0.15) is 53.8 Å². The number of aryl methyl sites for hydroxylation is 2. The van der Waals surface area contributed by atoms with Gasteiger partial charge in [0, 0.05) is 27.4 Å². The van der Waals surface area contributed by atoms with E-state index in [1.807, 2.05) is 38.4 Å². The predicted octanol–water partition coefficient (Wildman–Crippen LogP) is 4.38. The van der Waals surface area contributed by atoms with E-state index in [1.165, 1.54) is 16.9 Å². The molecule has 0 radical (unpaired) electrons. The van der Waals surface area contributed by atoms with Gasteiger partial charge in [0.05, 0.1) is 30.0 Å². The van der Waals surface area contributed by atoms with E-state index in [9.17, 15) is 9.59 Å². The summed E-state index contributed by atoms with van der Waals surface area (Å²) in [5, 5.41) is 5.15. The van der Waals surface area contributed by atoms with Crippen LogP contribution in [0.15, 0.2) is 18.3 Å². The molecule has 30 heavy (non-hydrogen) atoms. The van der Waals surface area contributed by atoms with Gasteiger partial charge in [0.1, 0.15) is 6.54 Å². The minimum atomic E-state index is -0.454. The molecule has 3 rings (SSSR count). The summed E-state index contributed by atoms with van der Waals surface area (Å²) in [7, 11) is 1.32. The Balaban J connectivity index is 2.23. The summed E-state index contributed by atoms with van der Waals surface area (Å²) < 4.78 is 6.61. The Morgan fingerprint density at radius 1 is 1.20 bits per heavy atom. The molecule has 3 heterocycles. The van der Waals surface area contributed by atoms with Crippen LogP contribution < -0.4 is 0 Å². The number of amides is 1. The number of carbonyl (C=O) groups is 2. The molecule has 0 aliphatic carbocycles. The van der Waals surface area contributed by atoms with Crippen molar-refractivity contribution in [3.63, 3.8) is 0 Å². The quantitative estimate of drug-likeness (QED) is 0.545. The maximum atomic E-state index is 13.6. The fourth-order valence-electron chi connectivity index (χ4n) is 3.44. The number of pyridine rings is 1. The fourth-order valence-corrected chi connectivity index (χ4v) is 4.38. The number of hydrogen-bond acceptors (Lipinski definition) is 6. The zero-order chi connectivity index (χ0) is 22.2. The van der Waals surface area contributed by atoms with Crippen LogP contribution in [0.2, 0.25) is 0 Å². The van der Waals surface area contributed by atoms with Gasteiger partial charge in [-0.1, -0.05) is 0 Å². The SMILES string of the molecule is COC(=O)CN(C(=O)c1cc(-c2cc(C)sc2C)nc2c1cnn2C(C)C)C(C)C. The Bertz CT molecular complexity index is 1100. The van der Waals surface area contributed by atoms with E-state index in [1.54, 1.807) is 17.5 Å². The van der Waals surface area contributed by atoms with E-state index >= 15 is 0 Å². The summed E-state index contributed by atoms with van der Waals surface area (Å²) in [6.45, 7) is 11.8. The second-order valence-electron chi connectivity index (χ2n) is 7.91. The lowest BCUT2D eigenvalue weighted by Gasteiger charge is -2.26. The average Bonchev–Trinajstić information content (AvgIpc) is 3.26. The van der Waals surface area contributed by atoms with Crippen LogP contribution in [-0.4, -0.2) is 51.2 Å². The molecule has 0 aromatic carbocycles. The Morgan fingerprint density at radius 3 is 2.43 bits per heavy atom. The first-order chi connectivity index (χ1) is 14.1. The smallest absolute Gasteiger partial charge is 0.325 e. The molecule has 160 valence electrons. The number of aromatic nitrogens is 3. The Labute approximate surface area is 180 Å². The lowest BCUT2D eigenvalue weighted by atomic mass is 10.1. The number of methoxy groups -OCH3 is 1. The summed E-state index contributed by atoms with van der Waals surface area (Å²) in [6, 6.07) is 3.83. The molecule has 8 heteroatoms. The summed E-state index contributed by atoms with van der Waals surface area (Å²) >= 11 is 1.70. The molecular weight excluding hydrogens is 400 g/mol. The van der Waals surface area contributed by atoms with Gasteiger partial charge < -0.3 is 9.64 Å². The third-order valence-corrected chi connectivity index (χ3v) is 5.98. The summed E-state index contributed by atoms with van der Waals surface area (Å²) in [4.78, 5) is 34.2. The first-order valence-corrected chi connectivity index (χ1v) is 10.8. The van der Waals surface area contributed by atoms with E-state index in [0.717, 1.165) is 16.1 Å². The van der Waals surface area contributed by atoms with Gasteiger partial charge in [-0.3, -0.25) is 9.59 Å². The number of esters is 1. The minimum Gasteiger partial charge on any atom is -0.468 e. The Kier molecular flexibility index (Phi) is 6.26. The topological polar surface area (TPSA) is 77.3 Å².